The molecule has 8 nitrogen and oxygen atoms in total. The second-order valence-corrected chi connectivity index (χ2v) is 8.97. The summed E-state index contributed by atoms with van der Waals surface area (Å²) < 4.78 is 7.02. The van der Waals surface area contributed by atoms with Crippen molar-refractivity contribution in [1.82, 2.24) is 14.5 Å². The van der Waals surface area contributed by atoms with Crippen molar-refractivity contribution in [1.29, 1.82) is 5.26 Å². The second kappa shape index (κ2) is 10.1. The summed E-state index contributed by atoms with van der Waals surface area (Å²) in [5.41, 5.74) is 10.0. The lowest BCUT2D eigenvalue weighted by Gasteiger charge is -2.23. The molecule has 2 aromatic carbocycles. The normalized spacial score (nSPS) is 11.6. The molecule has 0 aliphatic carbocycles. The van der Waals surface area contributed by atoms with E-state index in [0.717, 1.165) is 27.8 Å². The summed E-state index contributed by atoms with van der Waals surface area (Å²) in [5, 5.41) is 14.4. The molecule has 5 aromatic rings. The minimum atomic E-state index is -0.391. The summed E-state index contributed by atoms with van der Waals surface area (Å²) in [4.78, 5) is 22.9. The molecule has 0 radical (unpaired) electrons. The van der Waals surface area contributed by atoms with E-state index in [2.05, 4.69) is 21.4 Å². The van der Waals surface area contributed by atoms with Crippen molar-refractivity contribution in [2.75, 3.05) is 18.2 Å². The van der Waals surface area contributed by atoms with Gasteiger partial charge >= 0.3 is 0 Å². The molecule has 0 spiro atoms. The minimum absolute atomic E-state index is 0.166. The van der Waals surface area contributed by atoms with E-state index >= 15 is 0 Å². The van der Waals surface area contributed by atoms with E-state index in [0.29, 0.717) is 34.2 Å². The molecule has 3 aromatic heterocycles. The van der Waals surface area contributed by atoms with Crippen LogP contribution in [0.3, 0.4) is 0 Å². The number of nitrogens with zero attached hydrogens (tertiary/aromatic N) is 4. The van der Waals surface area contributed by atoms with Crippen LogP contribution in [0.1, 0.15) is 29.8 Å². The van der Waals surface area contributed by atoms with Crippen LogP contribution in [0.2, 0.25) is 0 Å². The fourth-order valence-corrected chi connectivity index (χ4v) is 4.70. The Hall–Kier alpha value is -5.16. The van der Waals surface area contributed by atoms with Crippen molar-refractivity contribution in [2.45, 2.75) is 19.9 Å². The van der Waals surface area contributed by atoms with Crippen LogP contribution in [0.15, 0.2) is 83.8 Å². The van der Waals surface area contributed by atoms with Gasteiger partial charge in [-0.25, -0.2) is 9.97 Å². The highest BCUT2D eigenvalue weighted by molar-refractivity contribution is 5.96. The zero-order valence-corrected chi connectivity index (χ0v) is 21.3. The molecule has 0 amide bonds. The summed E-state index contributed by atoms with van der Waals surface area (Å²) in [6.07, 6.45) is 1.66. The van der Waals surface area contributed by atoms with Gasteiger partial charge in [0, 0.05) is 23.6 Å². The smallest absolute Gasteiger partial charge is 0.263 e. The lowest BCUT2D eigenvalue weighted by atomic mass is 9.98. The number of aromatic nitrogens is 3. The van der Waals surface area contributed by atoms with Crippen molar-refractivity contribution in [2.24, 2.45) is 0 Å². The van der Waals surface area contributed by atoms with Gasteiger partial charge in [0.1, 0.15) is 17.7 Å². The molecule has 0 saturated carbocycles. The molecule has 1 atom stereocenters. The van der Waals surface area contributed by atoms with Crippen molar-refractivity contribution in [3.63, 3.8) is 0 Å². The van der Waals surface area contributed by atoms with Crippen LogP contribution in [0.4, 0.5) is 11.6 Å². The summed E-state index contributed by atoms with van der Waals surface area (Å²) in [5.74, 6) is 1.16. The fourth-order valence-electron chi connectivity index (χ4n) is 4.70. The molecule has 0 saturated heterocycles. The molecular formula is C30H26N6O2. The number of nitriles is 1. The third-order valence-corrected chi connectivity index (χ3v) is 6.49. The first-order valence-corrected chi connectivity index (χ1v) is 12.1. The van der Waals surface area contributed by atoms with Crippen molar-refractivity contribution in [3.8, 4) is 28.8 Å². The highest BCUT2D eigenvalue weighted by atomic mass is 16.5. The number of hydrogen-bond acceptors (Lipinski definition) is 7. The molecule has 38 heavy (non-hydrogen) atoms. The van der Waals surface area contributed by atoms with Gasteiger partial charge < -0.3 is 15.8 Å². The Morgan fingerprint density at radius 1 is 1.08 bits per heavy atom. The van der Waals surface area contributed by atoms with Crippen LogP contribution in [0.25, 0.3) is 27.6 Å². The molecule has 8 heteroatoms. The topological polar surface area (TPSA) is 119 Å². The maximum Gasteiger partial charge on any atom is 0.263 e. The van der Waals surface area contributed by atoms with Gasteiger partial charge in [-0.3, -0.25) is 9.36 Å². The summed E-state index contributed by atoms with van der Waals surface area (Å²) in [7, 11) is 1.56. The maximum absolute atomic E-state index is 14.3. The average Bonchev–Trinajstić information content (AvgIpc) is 2.93. The molecule has 0 aliphatic rings. The Kier molecular flexibility index (Phi) is 6.50. The third kappa shape index (κ3) is 4.42. The Labute approximate surface area is 220 Å². The predicted octanol–water partition coefficient (Wildman–Crippen LogP) is 5.39. The molecule has 0 bridgehead atoms. The Morgan fingerprint density at radius 3 is 2.61 bits per heavy atom. The van der Waals surface area contributed by atoms with E-state index in [9.17, 15) is 10.1 Å². The summed E-state index contributed by atoms with van der Waals surface area (Å²) in [6.45, 7) is 3.75. The van der Waals surface area contributed by atoms with Gasteiger partial charge in [0.25, 0.3) is 5.56 Å². The molecule has 0 fully saturated rings. The summed E-state index contributed by atoms with van der Waals surface area (Å²) in [6, 6.07) is 24.4. The number of ether oxygens (including phenoxy) is 1. The first-order chi connectivity index (χ1) is 18.4. The van der Waals surface area contributed by atoms with E-state index in [1.54, 1.807) is 23.9 Å². The summed E-state index contributed by atoms with van der Waals surface area (Å²) >= 11 is 0. The van der Waals surface area contributed by atoms with E-state index in [1.807, 2.05) is 80.6 Å². The molecule has 3 N–H and O–H groups in total. The zero-order chi connectivity index (χ0) is 26.8. The van der Waals surface area contributed by atoms with E-state index in [4.69, 9.17) is 10.5 Å². The lowest BCUT2D eigenvalue weighted by Crippen LogP contribution is -2.26. The number of rotatable bonds is 6. The third-order valence-electron chi connectivity index (χ3n) is 6.49. The van der Waals surface area contributed by atoms with Crippen molar-refractivity contribution < 1.29 is 4.74 Å². The lowest BCUT2D eigenvalue weighted by molar-refractivity contribution is 0.398. The highest BCUT2D eigenvalue weighted by Crippen LogP contribution is 2.31. The predicted molar refractivity (Wildman–Crippen MR) is 149 cm³/mol. The van der Waals surface area contributed by atoms with Gasteiger partial charge in [0.2, 0.25) is 5.88 Å². The average molecular weight is 503 g/mol. The van der Waals surface area contributed by atoms with Gasteiger partial charge in [-0.1, -0.05) is 36.4 Å². The van der Waals surface area contributed by atoms with Gasteiger partial charge in [0.05, 0.1) is 24.1 Å². The molecule has 5 rings (SSSR count). The van der Waals surface area contributed by atoms with E-state index in [-0.39, 0.29) is 5.56 Å². The van der Waals surface area contributed by atoms with E-state index < -0.39 is 6.04 Å². The van der Waals surface area contributed by atoms with Gasteiger partial charge in [-0.05, 0) is 66.3 Å². The molecule has 3 heterocycles. The number of hydrogen-bond donors (Lipinski definition) is 2. The Balaban J connectivity index is 1.75. The number of para-hydroxylation sites is 1. The minimum Gasteiger partial charge on any atom is -0.481 e. The quantitative estimate of drug-likeness (QED) is 0.319. The van der Waals surface area contributed by atoms with Crippen LogP contribution >= 0.6 is 0 Å². The largest absolute Gasteiger partial charge is 0.481 e. The van der Waals surface area contributed by atoms with Crippen molar-refractivity contribution >= 4 is 22.4 Å². The Morgan fingerprint density at radius 2 is 1.87 bits per heavy atom. The van der Waals surface area contributed by atoms with Gasteiger partial charge in [-0.2, -0.15) is 5.26 Å². The first kappa shape index (κ1) is 24.5. The van der Waals surface area contributed by atoms with Crippen LogP contribution in [0.5, 0.6) is 5.88 Å². The number of nitrogens with one attached hydrogen (secondary N) is 1. The number of methoxy groups -OCH3 is 1. The van der Waals surface area contributed by atoms with E-state index in [1.165, 1.54) is 0 Å². The Bertz CT molecular complexity index is 1760. The molecule has 0 aliphatic heterocycles. The maximum atomic E-state index is 14.3. The standard InChI is InChI=1S/C30H26N6O2/c1-18-14-26(32)35-29(24(18)17-31)34-19(2)25-15-21-8-7-11-23(20-12-13-33-27(16-20)38-3)28(21)30(37)36(25)22-9-5-4-6-10-22/h4-16,19H,1-3H3,(H3,32,34,35)/t19-/m0/s1. The SMILES string of the molecule is COc1cc(-c2cccc3cc([C@H](C)Nc4nc(N)cc(C)c4C#N)n(-c4ccccc4)c(=O)c23)ccn1. The molecular weight excluding hydrogens is 476 g/mol. The number of nitrogen functional groups attached to an aromatic ring is 1. The first-order valence-electron chi connectivity index (χ1n) is 12.1. The highest BCUT2D eigenvalue weighted by Gasteiger charge is 2.20. The van der Waals surface area contributed by atoms with Crippen molar-refractivity contribution in [3.05, 3.63) is 106 Å². The number of anilines is 2. The zero-order valence-electron chi connectivity index (χ0n) is 21.3. The molecule has 0 unspecified atom stereocenters. The van der Waals surface area contributed by atoms with Gasteiger partial charge in [0.15, 0.2) is 0 Å². The van der Waals surface area contributed by atoms with Gasteiger partial charge in [-0.15, -0.1) is 0 Å². The van der Waals surface area contributed by atoms with Crippen LogP contribution in [0, 0.1) is 18.3 Å². The van der Waals surface area contributed by atoms with Crippen LogP contribution < -0.4 is 21.3 Å². The number of pyridine rings is 3. The van der Waals surface area contributed by atoms with Crippen LogP contribution in [-0.2, 0) is 0 Å². The fraction of sp³-hybridized carbons (Fsp3) is 0.133. The molecule has 188 valence electrons. The second-order valence-electron chi connectivity index (χ2n) is 8.97. The monoisotopic (exact) mass is 502 g/mol. The van der Waals surface area contributed by atoms with Crippen LogP contribution in [-0.4, -0.2) is 21.6 Å². The number of fused-ring (bicyclic) bond motifs is 1. The number of nitrogens with two attached hydrogens (primary N) is 1. The number of benzene rings is 2. The number of aryl methyl sites for hydroxylation is 1.